The standard InChI is InChI=1S/C54H37N/c1-3-13-38(14-4-1)52-34-30-45(36-53(52)40-15-5-2-6-16-40)44-20-11-21-47(35-44)55(48-33-29-43-26-25-41-18-8-10-23-51(41)54(43)37-48)46-31-27-42(28-32-46)50-24-12-19-39-17-7-9-22-49(39)50/h1-37H. The Bertz CT molecular complexity index is 2960. The van der Waals surface area contributed by atoms with Crippen LogP contribution in [0.1, 0.15) is 0 Å². The molecule has 55 heavy (non-hydrogen) atoms. The van der Waals surface area contributed by atoms with Gasteiger partial charge in [0.25, 0.3) is 0 Å². The van der Waals surface area contributed by atoms with Crippen molar-refractivity contribution in [3.05, 3.63) is 224 Å². The Hall–Kier alpha value is -7.22. The summed E-state index contributed by atoms with van der Waals surface area (Å²) in [6.07, 6.45) is 0. The smallest absolute Gasteiger partial charge is 0.0468 e. The van der Waals surface area contributed by atoms with Crippen molar-refractivity contribution in [3.63, 3.8) is 0 Å². The fourth-order valence-electron chi connectivity index (χ4n) is 8.12. The van der Waals surface area contributed by atoms with Crippen molar-refractivity contribution >= 4 is 49.4 Å². The molecule has 0 bridgehead atoms. The summed E-state index contributed by atoms with van der Waals surface area (Å²) < 4.78 is 0. The molecule has 0 aliphatic carbocycles. The summed E-state index contributed by atoms with van der Waals surface area (Å²) in [5.74, 6) is 0. The third-order valence-corrected chi connectivity index (χ3v) is 10.8. The third-order valence-electron chi connectivity index (χ3n) is 10.8. The largest absolute Gasteiger partial charge is 0.310 e. The first-order chi connectivity index (χ1) is 27.3. The molecule has 0 atom stereocenters. The highest BCUT2D eigenvalue weighted by atomic mass is 15.1. The Kier molecular flexibility index (Phi) is 8.24. The van der Waals surface area contributed by atoms with Gasteiger partial charge in [-0.2, -0.15) is 0 Å². The maximum atomic E-state index is 2.40. The van der Waals surface area contributed by atoms with Gasteiger partial charge in [-0.3, -0.25) is 0 Å². The van der Waals surface area contributed by atoms with Crippen LogP contribution in [0.4, 0.5) is 17.1 Å². The molecule has 0 radical (unpaired) electrons. The molecule has 0 unspecified atom stereocenters. The summed E-state index contributed by atoms with van der Waals surface area (Å²) in [6.45, 7) is 0. The summed E-state index contributed by atoms with van der Waals surface area (Å²) in [7, 11) is 0. The fourth-order valence-corrected chi connectivity index (χ4v) is 8.12. The normalized spacial score (nSPS) is 11.3. The maximum absolute atomic E-state index is 2.40. The van der Waals surface area contributed by atoms with E-state index in [1.807, 2.05) is 0 Å². The number of nitrogens with zero attached hydrogens (tertiary/aromatic N) is 1. The van der Waals surface area contributed by atoms with E-state index in [0.717, 1.165) is 22.6 Å². The lowest BCUT2D eigenvalue weighted by molar-refractivity contribution is 1.29. The predicted octanol–water partition coefficient (Wildman–Crippen LogP) is 15.3. The molecule has 10 aromatic rings. The van der Waals surface area contributed by atoms with Gasteiger partial charge in [-0.25, -0.2) is 0 Å². The molecule has 10 aromatic carbocycles. The third kappa shape index (κ3) is 6.12. The average molecular weight is 700 g/mol. The molecule has 1 nitrogen and oxygen atoms in total. The molecule has 0 aliphatic heterocycles. The molecular weight excluding hydrogens is 663 g/mol. The van der Waals surface area contributed by atoms with Crippen LogP contribution in [0.25, 0.3) is 76.8 Å². The van der Waals surface area contributed by atoms with Gasteiger partial charge in [-0.1, -0.05) is 182 Å². The summed E-state index contributed by atoms with van der Waals surface area (Å²) in [6, 6.07) is 81.5. The van der Waals surface area contributed by atoms with Crippen LogP contribution in [0, 0.1) is 0 Å². The van der Waals surface area contributed by atoms with Crippen molar-refractivity contribution in [2.45, 2.75) is 0 Å². The Labute approximate surface area is 322 Å². The van der Waals surface area contributed by atoms with E-state index >= 15 is 0 Å². The highest BCUT2D eigenvalue weighted by Crippen LogP contribution is 2.42. The lowest BCUT2D eigenvalue weighted by Gasteiger charge is -2.27. The van der Waals surface area contributed by atoms with Gasteiger partial charge in [0.05, 0.1) is 0 Å². The zero-order chi connectivity index (χ0) is 36.6. The quantitative estimate of drug-likeness (QED) is 0.150. The van der Waals surface area contributed by atoms with Gasteiger partial charge < -0.3 is 4.90 Å². The molecule has 0 N–H and O–H groups in total. The van der Waals surface area contributed by atoms with Crippen LogP contribution >= 0.6 is 0 Å². The minimum Gasteiger partial charge on any atom is -0.310 e. The predicted molar refractivity (Wildman–Crippen MR) is 235 cm³/mol. The molecule has 0 amide bonds. The molecule has 10 rings (SSSR count). The van der Waals surface area contributed by atoms with E-state index in [4.69, 9.17) is 0 Å². The van der Waals surface area contributed by atoms with E-state index in [1.165, 1.54) is 71.3 Å². The first-order valence-electron chi connectivity index (χ1n) is 18.9. The molecule has 258 valence electrons. The molecule has 0 saturated heterocycles. The monoisotopic (exact) mass is 699 g/mol. The van der Waals surface area contributed by atoms with E-state index in [0.29, 0.717) is 0 Å². The second-order valence-electron chi connectivity index (χ2n) is 14.1. The molecule has 0 spiro atoms. The first kappa shape index (κ1) is 32.4. The van der Waals surface area contributed by atoms with Gasteiger partial charge in [-0.15, -0.1) is 0 Å². The van der Waals surface area contributed by atoms with Crippen LogP contribution in [0.2, 0.25) is 0 Å². The number of benzene rings is 10. The van der Waals surface area contributed by atoms with Gasteiger partial charge in [0, 0.05) is 17.1 Å². The average Bonchev–Trinajstić information content (AvgIpc) is 3.27. The summed E-state index contributed by atoms with van der Waals surface area (Å²) >= 11 is 0. The van der Waals surface area contributed by atoms with Crippen molar-refractivity contribution in [1.82, 2.24) is 0 Å². The second kappa shape index (κ2) is 14.0. The summed E-state index contributed by atoms with van der Waals surface area (Å²) in [5.41, 5.74) is 13.0. The maximum Gasteiger partial charge on any atom is 0.0468 e. The van der Waals surface area contributed by atoms with Gasteiger partial charge >= 0.3 is 0 Å². The van der Waals surface area contributed by atoms with Crippen LogP contribution in [0.3, 0.4) is 0 Å². The van der Waals surface area contributed by atoms with Crippen molar-refractivity contribution in [2.75, 3.05) is 4.90 Å². The number of fused-ring (bicyclic) bond motifs is 4. The van der Waals surface area contributed by atoms with Gasteiger partial charge in [0.15, 0.2) is 0 Å². The van der Waals surface area contributed by atoms with E-state index in [2.05, 4.69) is 229 Å². The highest BCUT2D eigenvalue weighted by molar-refractivity contribution is 6.09. The molecule has 1 heteroatoms. The van der Waals surface area contributed by atoms with Crippen LogP contribution < -0.4 is 4.90 Å². The van der Waals surface area contributed by atoms with Crippen molar-refractivity contribution in [2.24, 2.45) is 0 Å². The minimum atomic E-state index is 1.10. The Morgan fingerprint density at radius 3 is 1.47 bits per heavy atom. The molecule has 0 heterocycles. The molecule has 0 aliphatic rings. The van der Waals surface area contributed by atoms with Gasteiger partial charge in [-0.05, 0) is 119 Å². The molecule has 0 saturated carbocycles. The SMILES string of the molecule is c1ccc(-c2ccc(-c3cccc(N(c4ccc(-c5cccc6ccccc56)cc4)c4ccc5ccc6ccccc6c5c4)c3)cc2-c2ccccc2)cc1. The van der Waals surface area contributed by atoms with Crippen molar-refractivity contribution in [1.29, 1.82) is 0 Å². The topological polar surface area (TPSA) is 3.24 Å². The lowest BCUT2D eigenvalue weighted by Crippen LogP contribution is -2.10. The van der Waals surface area contributed by atoms with E-state index in [9.17, 15) is 0 Å². The van der Waals surface area contributed by atoms with Crippen molar-refractivity contribution in [3.8, 4) is 44.5 Å². The Balaban J connectivity index is 1.12. The van der Waals surface area contributed by atoms with Crippen molar-refractivity contribution < 1.29 is 0 Å². The summed E-state index contributed by atoms with van der Waals surface area (Å²) in [5, 5.41) is 7.49. The molecule has 0 fully saturated rings. The number of hydrogen-bond donors (Lipinski definition) is 0. The molecule has 0 aromatic heterocycles. The van der Waals surface area contributed by atoms with E-state index in [1.54, 1.807) is 0 Å². The van der Waals surface area contributed by atoms with Crippen LogP contribution in [-0.4, -0.2) is 0 Å². The van der Waals surface area contributed by atoms with E-state index < -0.39 is 0 Å². The fraction of sp³-hybridized carbons (Fsp3) is 0. The zero-order valence-corrected chi connectivity index (χ0v) is 30.3. The lowest BCUT2D eigenvalue weighted by atomic mass is 9.91. The van der Waals surface area contributed by atoms with Crippen LogP contribution in [0.15, 0.2) is 224 Å². The minimum absolute atomic E-state index is 1.10. The summed E-state index contributed by atoms with van der Waals surface area (Å²) in [4.78, 5) is 2.40. The first-order valence-corrected chi connectivity index (χ1v) is 18.9. The number of rotatable bonds is 7. The number of hydrogen-bond acceptors (Lipinski definition) is 1. The van der Waals surface area contributed by atoms with Crippen LogP contribution in [-0.2, 0) is 0 Å². The van der Waals surface area contributed by atoms with Gasteiger partial charge in [0.2, 0.25) is 0 Å². The zero-order valence-electron chi connectivity index (χ0n) is 30.3. The van der Waals surface area contributed by atoms with E-state index in [-0.39, 0.29) is 0 Å². The van der Waals surface area contributed by atoms with Crippen LogP contribution in [0.5, 0.6) is 0 Å². The Morgan fingerprint density at radius 1 is 0.218 bits per heavy atom. The Morgan fingerprint density at radius 2 is 0.709 bits per heavy atom. The number of anilines is 3. The second-order valence-corrected chi connectivity index (χ2v) is 14.1. The highest BCUT2D eigenvalue weighted by Gasteiger charge is 2.17. The van der Waals surface area contributed by atoms with Gasteiger partial charge in [0.1, 0.15) is 0 Å². The molecular formula is C54H37N.